The Morgan fingerprint density at radius 2 is 1.53 bits per heavy atom. The second-order valence-electron chi connectivity index (χ2n) is 3.02. The molecule has 0 aliphatic heterocycles. The van der Waals surface area contributed by atoms with Gasteiger partial charge in [0.1, 0.15) is 0 Å². The molecule has 0 bridgehead atoms. The second-order valence-corrected chi connectivity index (χ2v) is 3.02. The average molecular weight is 295 g/mol. The van der Waals surface area contributed by atoms with Gasteiger partial charge in [0.25, 0.3) is 0 Å². The zero-order valence-electron chi connectivity index (χ0n) is 8.95. The van der Waals surface area contributed by atoms with Crippen LogP contribution in [-0.2, 0) is 6.54 Å². The van der Waals surface area contributed by atoms with Crippen molar-refractivity contribution in [1.82, 2.24) is 9.97 Å². The molecule has 0 atom stereocenters. The van der Waals surface area contributed by atoms with Gasteiger partial charge in [0, 0.05) is 36.9 Å². The summed E-state index contributed by atoms with van der Waals surface area (Å²) >= 11 is 0. The van der Waals surface area contributed by atoms with Crippen molar-refractivity contribution in [3.8, 4) is 11.1 Å². The number of rotatable bonds is 2. The predicted octanol–water partition coefficient (Wildman–Crippen LogP) is 2.87. The maximum atomic E-state index is 5.54. The summed E-state index contributed by atoms with van der Waals surface area (Å²) < 4.78 is 0. The monoisotopic (exact) mass is 293 g/mol. The molecule has 0 spiro atoms. The lowest BCUT2D eigenvalue weighted by atomic mass is 10.1. The van der Waals surface area contributed by atoms with Gasteiger partial charge in [-0.15, -0.1) is 37.2 Å². The summed E-state index contributed by atoms with van der Waals surface area (Å²) in [6, 6.07) is 5.96. The predicted molar refractivity (Wildman–Crippen MR) is 77.1 cm³/mol. The number of nitrogens with zero attached hydrogens (tertiary/aromatic N) is 2. The fourth-order valence-corrected chi connectivity index (χ4v) is 1.30. The minimum Gasteiger partial charge on any atom is -0.326 e. The molecule has 0 radical (unpaired) electrons. The van der Waals surface area contributed by atoms with Crippen molar-refractivity contribution in [1.29, 1.82) is 0 Å². The van der Waals surface area contributed by atoms with E-state index in [1.165, 1.54) is 0 Å². The first kappa shape index (κ1) is 18.5. The van der Waals surface area contributed by atoms with E-state index in [4.69, 9.17) is 5.73 Å². The summed E-state index contributed by atoms with van der Waals surface area (Å²) in [5, 5.41) is 0. The number of aromatic nitrogens is 2. The molecule has 2 heterocycles. The maximum Gasteiger partial charge on any atom is 0.0346 e. The van der Waals surface area contributed by atoms with Crippen LogP contribution in [0.25, 0.3) is 11.1 Å². The zero-order valence-corrected chi connectivity index (χ0v) is 11.4. The molecule has 0 saturated carbocycles. The van der Waals surface area contributed by atoms with Crippen LogP contribution in [0.15, 0.2) is 43.0 Å². The smallest absolute Gasteiger partial charge is 0.0346 e. The normalized spacial score (nSPS) is 8.29. The molecule has 0 aromatic carbocycles. The highest BCUT2D eigenvalue weighted by Crippen LogP contribution is 2.17. The quantitative estimate of drug-likeness (QED) is 0.926. The fourth-order valence-electron chi connectivity index (χ4n) is 1.30. The number of hydrogen-bond acceptors (Lipinski definition) is 3. The summed E-state index contributed by atoms with van der Waals surface area (Å²) in [5.74, 6) is 0. The Labute approximate surface area is 119 Å². The minimum atomic E-state index is 0. The van der Waals surface area contributed by atoms with Crippen LogP contribution in [0.2, 0.25) is 0 Å². The Morgan fingerprint density at radius 3 is 2.12 bits per heavy atom. The van der Waals surface area contributed by atoms with E-state index in [0.29, 0.717) is 6.54 Å². The topological polar surface area (TPSA) is 51.8 Å². The van der Waals surface area contributed by atoms with Crippen LogP contribution >= 0.6 is 37.2 Å². The van der Waals surface area contributed by atoms with Gasteiger partial charge in [-0.1, -0.05) is 0 Å². The molecule has 0 unspecified atom stereocenters. The third-order valence-corrected chi connectivity index (χ3v) is 2.04. The van der Waals surface area contributed by atoms with Gasteiger partial charge in [0.2, 0.25) is 0 Å². The number of nitrogens with two attached hydrogens (primary N) is 1. The lowest BCUT2D eigenvalue weighted by Crippen LogP contribution is -1.96. The molecule has 0 aliphatic rings. The average Bonchev–Trinajstić information content (AvgIpc) is 2.30. The second kappa shape index (κ2) is 9.19. The van der Waals surface area contributed by atoms with Crippen LogP contribution in [-0.4, -0.2) is 9.97 Å². The van der Waals surface area contributed by atoms with E-state index < -0.39 is 0 Å². The van der Waals surface area contributed by atoms with Crippen LogP contribution in [0.3, 0.4) is 0 Å². The molecular formula is C11H14Cl3N3. The Bertz CT molecular complexity index is 423. The molecule has 17 heavy (non-hydrogen) atoms. The molecule has 2 aromatic heterocycles. The molecule has 2 rings (SSSR count). The van der Waals surface area contributed by atoms with Gasteiger partial charge in [0.15, 0.2) is 0 Å². The molecule has 2 aromatic rings. The highest BCUT2D eigenvalue weighted by atomic mass is 35.5. The first-order valence-electron chi connectivity index (χ1n) is 4.44. The Kier molecular flexibility index (Phi) is 10.00. The maximum absolute atomic E-state index is 5.54. The molecule has 0 saturated heterocycles. The van der Waals surface area contributed by atoms with E-state index in [1.807, 2.05) is 24.4 Å². The van der Waals surface area contributed by atoms with Crippen LogP contribution in [0.5, 0.6) is 0 Å². The standard InChI is InChI=1S/C11H11N3.3ClH/c12-6-9-5-11(8-14-7-9)10-1-3-13-4-2-10;;;/h1-5,7-8H,6,12H2;3*1H. The lowest BCUT2D eigenvalue weighted by molar-refractivity contribution is 1.05. The summed E-state index contributed by atoms with van der Waals surface area (Å²) in [6.45, 7) is 0.520. The van der Waals surface area contributed by atoms with Gasteiger partial charge >= 0.3 is 0 Å². The largest absolute Gasteiger partial charge is 0.326 e. The van der Waals surface area contributed by atoms with Crippen LogP contribution in [0.4, 0.5) is 0 Å². The first-order chi connectivity index (χ1) is 6.90. The van der Waals surface area contributed by atoms with Gasteiger partial charge in [-0.05, 0) is 29.3 Å². The SMILES string of the molecule is Cl.Cl.Cl.NCc1cncc(-c2ccncc2)c1. The number of pyridine rings is 2. The van der Waals surface area contributed by atoms with E-state index in [2.05, 4.69) is 9.97 Å². The minimum absolute atomic E-state index is 0. The molecule has 2 N–H and O–H groups in total. The van der Waals surface area contributed by atoms with Crippen molar-refractivity contribution in [3.05, 3.63) is 48.5 Å². The summed E-state index contributed by atoms with van der Waals surface area (Å²) in [4.78, 5) is 8.10. The summed E-state index contributed by atoms with van der Waals surface area (Å²) in [6.07, 6.45) is 7.15. The summed E-state index contributed by atoms with van der Waals surface area (Å²) in [5.41, 5.74) is 8.78. The molecule has 6 heteroatoms. The molecule has 0 fully saturated rings. The van der Waals surface area contributed by atoms with Crippen molar-refractivity contribution < 1.29 is 0 Å². The van der Waals surface area contributed by atoms with Crippen molar-refractivity contribution in [3.63, 3.8) is 0 Å². The third-order valence-electron chi connectivity index (χ3n) is 2.04. The van der Waals surface area contributed by atoms with Crippen LogP contribution < -0.4 is 5.73 Å². The number of hydrogen-bond donors (Lipinski definition) is 1. The Morgan fingerprint density at radius 1 is 0.882 bits per heavy atom. The highest BCUT2D eigenvalue weighted by molar-refractivity contribution is 5.86. The van der Waals surface area contributed by atoms with Gasteiger partial charge < -0.3 is 5.73 Å². The molecular weight excluding hydrogens is 281 g/mol. The third kappa shape index (κ3) is 4.88. The highest BCUT2D eigenvalue weighted by Gasteiger charge is 1.97. The molecule has 3 nitrogen and oxygen atoms in total. The number of halogens is 3. The van der Waals surface area contributed by atoms with E-state index in [9.17, 15) is 0 Å². The van der Waals surface area contributed by atoms with Crippen LogP contribution in [0, 0.1) is 0 Å². The van der Waals surface area contributed by atoms with E-state index >= 15 is 0 Å². The molecule has 94 valence electrons. The van der Waals surface area contributed by atoms with E-state index in [-0.39, 0.29) is 37.2 Å². The van der Waals surface area contributed by atoms with Gasteiger partial charge in [-0.25, -0.2) is 0 Å². The van der Waals surface area contributed by atoms with Gasteiger partial charge in [-0.3, -0.25) is 9.97 Å². The van der Waals surface area contributed by atoms with E-state index in [0.717, 1.165) is 16.7 Å². The first-order valence-corrected chi connectivity index (χ1v) is 4.44. The zero-order chi connectivity index (χ0) is 9.80. The van der Waals surface area contributed by atoms with Gasteiger partial charge in [0.05, 0.1) is 0 Å². The van der Waals surface area contributed by atoms with Crippen molar-refractivity contribution in [2.75, 3.05) is 0 Å². The van der Waals surface area contributed by atoms with Crippen molar-refractivity contribution in [2.45, 2.75) is 6.54 Å². The Hall–Kier alpha value is -0.870. The van der Waals surface area contributed by atoms with Crippen molar-refractivity contribution in [2.24, 2.45) is 5.73 Å². The van der Waals surface area contributed by atoms with Crippen molar-refractivity contribution >= 4 is 37.2 Å². The van der Waals surface area contributed by atoms with Gasteiger partial charge in [-0.2, -0.15) is 0 Å². The molecule has 0 amide bonds. The lowest BCUT2D eigenvalue weighted by Gasteiger charge is -2.02. The fraction of sp³-hybridized carbons (Fsp3) is 0.0909. The molecule has 0 aliphatic carbocycles. The van der Waals surface area contributed by atoms with E-state index in [1.54, 1.807) is 18.6 Å². The Balaban J connectivity index is 0. The van der Waals surface area contributed by atoms with Crippen LogP contribution in [0.1, 0.15) is 5.56 Å². The summed E-state index contributed by atoms with van der Waals surface area (Å²) in [7, 11) is 0.